The molecule has 0 saturated carbocycles. The van der Waals surface area contributed by atoms with Crippen LogP contribution in [-0.4, -0.2) is 51.7 Å². The van der Waals surface area contributed by atoms with Crippen molar-refractivity contribution in [1.29, 1.82) is 0 Å². The minimum Gasteiger partial charge on any atom is -0.481 e. The Morgan fingerprint density at radius 3 is 2.80 bits per heavy atom. The van der Waals surface area contributed by atoms with Crippen molar-refractivity contribution in [3.05, 3.63) is 12.2 Å². The highest BCUT2D eigenvalue weighted by Gasteiger charge is 2.25. The van der Waals surface area contributed by atoms with E-state index in [9.17, 15) is 9.90 Å². The molecule has 2 unspecified atom stereocenters. The van der Waals surface area contributed by atoms with Crippen LogP contribution in [0.5, 0.6) is 0 Å². The van der Waals surface area contributed by atoms with Gasteiger partial charge in [0.15, 0.2) is 0 Å². The third-order valence-electron chi connectivity index (χ3n) is 5.05. The molecule has 1 aliphatic heterocycles. The molecule has 1 fully saturated rings. The summed E-state index contributed by atoms with van der Waals surface area (Å²) in [5.74, 6) is -0.720. The van der Waals surface area contributed by atoms with Gasteiger partial charge in [-0.2, -0.15) is 0 Å². The van der Waals surface area contributed by atoms with Gasteiger partial charge in [-0.15, -0.1) is 11.6 Å². The van der Waals surface area contributed by atoms with Crippen LogP contribution < -0.4 is 0 Å². The number of hydrogen-bond acceptors (Lipinski definition) is 3. The number of likely N-dealkylation sites (tertiary alicyclic amines) is 1. The number of unbranched alkanes of at least 4 members (excludes halogenated alkanes) is 3. The molecule has 0 aromatic rings. The molecule has 1 heterocycles. The van der Waals surface area contributed by atoms with E-state index in [1.54, 1.807) is 0 Å². The van der Waals surface area contributed by atoms with Gasteiger partial charge < -0.3 is 15.1 Å². The maximum absolute atomic E-state index is 10.5. The Kier molecular flexibility index (Phi) is 12.2. The minimum atomic E-state index is -0.720. The highest BCUT2D eigenvalue weighted by Crippen LogP contribution is 2.23. The molecule has 2 N–H and O–H groups in total. The molecule has 1 saturated heterocycles. The van der Waals surface area contributed by atoms with Crippen molar-refractivity contribution in [2.75, 3.05) is 13.1 Å². The number of alkyl halides is 1. The van der Waals surface area contributed by atoms with Gasteiger partial charge in [-0.3, -0.25) is 4.79 Å². The molecule has 146 valence electrons. The Balaban J connectivity index is 2.21. The lowest BCUT2D eigenvalue weighted by atomic mass is 10.1. The molecule has 1 aliphatic rings. The minimum absolute atomic E-state index is 0.148. The molecule has 0 aromatic heterocycles. The molecule has 0 radical (unpaired) electrons. The third kappa shape index (κ3) is 10.2. The van der Waals surface area contributed by atoms with E-state index in [1.807, 2.05) is 0 Å². The molecule has 0 aromatic carbocycles. The molecule has 0 aliphatic carbocycles. The summed E-state index contributed by atoms with van der Waals surface area (Å²) >= 11 is 6.38. The van der Waals surface area contributed by atoms with E-state index in [0.717, 1.165) is 51.6 Å². The van der Waals surface area contributed by atoms with Crippen LogP contribution in [0.4, 0.5) is 0 Å². The van der Waals surface area contributed by atoms with E-state index in [4.69, 9.17) is 16.7 Å². The summed E-state index contributed by atoms with van der Waals surface area (Å²) in [4.78, 5) is 13.0. The van der Waals surface area contributed by atoms with Gasteiger partial charge in [-0.05, 0) is 58.0 Å². The van der Waals surface area contributed by atoms with Crippen LogP contribution in [0.1, 0.15) is 77.6 Å². The number of allylic oxidation sites excluding steroid dienone is 1. The molecule has 1 rings (SSSR count). The summed E-state index contributed by atoms with van der Waals surface area (Å²) in [5.41, 5.74) is 0. The zero-order valence-corrected chi connectivity index (χ0v) is 16.5. The summed E-state index contributed by atoms with van der Waals surface area (Å²) < 4.78 is 0. The van der Waals surface area contributed by atoms with Crippen LogP contribution >= 0.6 is 11.6 Å². The van der Waals surface area contributed by atoms with Crippen molar-refractivity contribution in [2.24, 2.45) is 0 Å². The number of aliphatic hydroxyl groups excluding tert-OH is 1. The number of nitrogens with zero attached hydrogens (tertiary/aromatic N) is 1. The van der Waals surface area contributed by atoms with E-state index in [-0.39, 0.29) is 17.9 Å². The first-order valence-corrected chi connectivity index (χ1v) is 10.4. The number of aliphatic carboxylic acids is 1. The van der Waals surface area contributed by atoms with E-state index in [2.05, 4.69) is 24.0 Å². The number of carboxylic acid groups (broad SMARTS) is 1. The predicted octanol–water partition coefficient (Wildman–Crippen LogP) is 4.59. The lowest BCUT2D eigenvalue weighted by Crippen LogP contribution is -2.33. The molecule has 4 nitrogen and oxygen atoms in total. The number of rotatable bonds is 14. The van der Waals surface area contributed by atoms with Crippen LogP contribution in [0.3, 0.4) is 0 Å². The average molecular weight is 374 g/mol. The van der Waals surface area contributed by atoms with Gasteiger partial charge in [0.1, 0.15) is 0 Å². The van der Waals surface area contributed by atoms with Gasteiger partial charge in [0, 0.05) is 12.5 Å². The van der Waals surface area contributed by atoms with Gasteiger partial charge >= 0.3 is 5.97 Å². The number of carbonyl (C=O) groups is 1. The number of hydrogen-bond donors (Lipinski definition) is 2. The first-order valence-electron chi connectivity index (χ1n) is 9.97. The van der Waals surface area contributed by atoms with Crippen molar-refractivity contribution in [3.8, 4) is 0 Å². The molecular weight excluding hydrogens is 338 g/mol. The molecule has 5 heteroatoms. The van der Waals surface area contributed by atoms with E-state index >= 15 is 0 Å². The second-order valence-electron chi connectivity index (χ2n) is 7.19. The first-order chi connectivity index (χ1) is 12.0. The lowest BCUT2D eigenvalue weighted by Gasteiger charge is -2.26. The largest absolute Gasteiger partial charge is 0.481 e. The van der Waals surface area contributed by atoms with E-state index in [0.29, 0.717) is 12.5 Å². The second kappa shape index (κ2) is 13.6. The molecule has 3 atom stereocenters. The van der Waals surface area contributed by atoms with Gasteiger partial charge in [-0.1, -0.05) is 38.3 Å². The Hall–Kier alpha value is -0.580. The molecule has 25 heavy (non-hydrogen) atoms. The highest BCUT2D eigenvalue weighted by atomic mass is 35.5. The first kappa shape index (κ1) is 22.5. The highest BCUT2D eigenvalue weighted by molar-refractivity contribution is 6.21. The standard InChI is InChI=1S/C20H36ClNO3/c1-2-3-6-12-19(23)18(21)14-16-22-15-9-11-17(22)10-7-4-5-8-13-20(24)25/h4,7,17-19,23H,2-3,5-6,8-16H2,1H3,(H,24,25)/t17?,18-,19?/m1/s1. The zero-order chi connectivity index (χ0) is 18.5. The van der Waals surface area contributed by atoms with Gasteiger partial charge in [0.25, 0.3) is 0 Å². The SMILES string of the molecule is CCCCCC(O)[C@H](Cl)CCN1CCCC1CC=CCCCC(=O)O. The maximum atomic E-state index is 10.5. The van der Waals surface area contributed by atoms with Crippen molar-refractivity contribution >= 4 is 17.6 Å². The van der Waals surface area contributed by atoms with Gasteiger partial charge in [0.05, 0.1) is 11.5 Å². The normalized spacial score (nSPS) is 21.0. The third-order valence-corrected chi connectivity index (χ3v) is 5.56. The summed E-state index contributed by atoms with van der Waals surface area (Å²) in [6.07, 6.45) is 14.2. The predicted molar refractivity (Wildman–Crippen MR) is 104 cm³/mol. The lowest BCUT2D eigenvalue weighted by molar-refractivity contribution is -0.137. The monoisotopic (exact) mass is 373 g/mol. The van der Waals surface area contributed by atoms with Crippen molar-refractivity contribution in [1.82, 2.24) is 4.90 Å². The Morgan fingerprint density at radius 1 is 1.28 bits per heavy atom. The molecule has 0 spiro atoms. The van der Waals surface area contributed by atoms with Crippen molar-refractivity contribution in [2.45, 2.75) is 95.1 Å². The Morgan fingerprint density at radius 2 is 2.08 bits per heavy atom. The van der Waals surface area contributed by atoms with Crippen LogP contribution in [0.25, 0.3) is 0 Å². The fraction of sp³-hybridized carbons (Fsp3) is 0.850. The number of carboxylic acids is 1. The fourth-order valence-corrected chi connectivity index (χ4v) is 3.69. The zero-order valence-electron chi connectivity index (χ0n) is 15.7. The Labute approximate surface area is 158 Å². The van der Waals surface area contributed by atoms with Crippen molar-refractivity contribution < 1.29 is 15.0 Å². The summed E-state index contributed by atoms with van der Waals surface area (Å²) in [5, 5.41) is 18.6. The molecule has 0 bridgehead atoms. The van der Waals surface area contributed by atoms with Gasteiger partial charge in [-0.25, -0.2) is 0 Å². The van der Waals surface area contributed by atoms with Crippen LogP contribution in [0.15, 0.2) is 12.2 Å². The summed E-state index contributed by atoms with van der Waals surface area (Å²) in [6, 6.07) is 0.567. The van der Waals surface area contributed by atoms with E-state index < -0.39 is 5.97 Å². The number of halogens is 1. The Bertz CT molecular complexity index is 389. The average Bonchev–Trinajstić information content (AvgIpc) is 3.03. The molecular formula is C20H36ClNO3. The van der Waals surface area contributed by atoms with Crippen LogP contribution in [-0.2, 0) is 4.79 Å². The maximum Gasteiger partial charge on any atom is 0.303 e. The quantitative estimate of drug-likeness (QED) is 0.265. The van der Waals surface area contributed by atoms with E-state index in [1.165, 1.54) is 19.3 Å². The fourth-order valence-electron chi connectivity index (χ4n) is 3.46. The van der Waals surface area contributed by atoms with Crippen molar-refractivity contribution in [3.63, 3.8) is 0 Å². The smallest absolute Gasteiger partial charge is 0.303 e. The topological polar surface area (TPSA) is 60.8 Å². The summed E-state index contributed by atoms with van der Waals surface area (Å²) in [6.45, 7) is 4.24. The second-order valence-corrected chi connectivity index (χ2v) is 7.75. The molecule has 0 amide bonds. The van der Waals surface area contributed by atoms with Crippen LogP contribution in [0.2, 0.25) is 0 Å². The van der Waals surface area contributed by atoms with Gasteiger partial charge in [0.2, 0.25) is 0 Å². The summed E-state index contributed by atoms with van der Waals surface area (Å²) in [7, 11) is 0. The number of aliphatic hydroxyl groups is 1. The van der Waals surface area contributed by atoms with Crippen LogP contribution in [0, 0.1) is 0 Å².